The number of ether oxygens (including phenoxy) is 1. The average molecular weight is 299 g/mol. The predicted octanol–water partition coefficient (Wildman–Crippen LogP) is 0.855. The molecule has 1 atom stereocenters. The summed E-state index contributed by atoms with van der Waals surface area (Å²) in [5, 5.41) is 12.4. The van der Waals surface area contributed by atoms with Gasteiger partial charge in [-0.2, -0.15) is 0 Å². The summed E-state index contributed by atoms with van der Waals surface area (Å²) in [6.07, 6.45) is 1.61. The Morgan fingerprint density at radius 2 is 2.10 bits per heavy atom. The predicted molar refractivity (Wildman–Crippen MR) is 83.2 cm³/mol. The van der Waals surface area contributed by atoms with Crippen LogP contribution in [0.3, 0.4) is 0 Å². The number of esters is 1. The molecule has 0 aromatic rings. The van der Waals surface area contributed by atoms with Crippen molar-refractivity contribution in [1.82, 2.24) is 10.2 Å². The number of nitrogens with zero attached hydrogens (tertiary/aromatic N) is 2. The van der Waals surface area contributed by atoms with Gasteiger partial charge < -0.3 is 20.1 Å². The van der Waals surface area contributed by atoms with Crippen LogP contribution in [0.15, 0.2) is 4.99 Å². The van der Waals surface area contributed by atoms with Gasteiger partial charge in [0.15, 0.2) is 5.96 Å². The molecule has 1 rings (SSSR count). The minimum atomic E-state index is -0.0759. The number of carbonyl (C=O) groups excluding carboxylic acids is 1. The number of piperidine rings is 1. The van der Waals surface area contributed by atoms with E-state index in [0.29, 0.717) is 13.2 Å². The Morgan fingerprint density at radius 3 is 2.62 bits per heavy atom. The molecule has 1 saturated heterocycles. The van der Waals surface area contributed by atoms with E-state index in [2.05, 4.69) is 15.2 Å². The van der Waals surface area contributed by atoms with Crippen molar-refractivity contribution in [3.63, 3.8) is 0 Å². The maximum absolute atomic E-state index is 11.7. The summed E-state index contributed by atoms with van der Waals surface area (Å²) in [6.45, 7) is 9.48. The second kappa shape index (κ2) is 9.60. The second-order valence-corrected chi connectivity index (χ2v) is 5.50. The van der Waals surface area contributed by atoms with Gasteiger partial charge in [-0.05, 0) is 32.6 Å². The molecular formula is C15H29N3O3. The number of nitrogens with one attached hydrogen (secondary N) is 1. The molecule has 0 spiro atoms. The summed E-state index contributed by atoms with van der Waals surface area (Å²) in [4.78, 5) is 18.5. The lowest BCUT2D eigenvalue weighted by Gasteiger charge is -2.33. The van der Waals surface area contributed by atoms with Crippen LogP contribution >= 0.6 is 0 Å². The number of aliphatic hydroxyl groups is 1. The molecule has 21 heavy (non-hydrogen) atoms. The minimum Gasteiger partial charge on any atom is -0.466 e. The smallest absolute Gasteiger partial charge is 0.309 e. The molecule has 1 aliphatic rings. The van der Waals surface area contributed by atoms with Gasteiger partial charge in [-0.15, -0.1) is 0 Å². The zero-order valence-electron chi connectivity index (χ0n) is 13.5. The molecule has 1 aliphatic heterocycles. The van der Waals surface area contributed by atoms with Crippen molar-refractivity contribution in [3.05, 3.63) is 0 Å². The molecule has 6 heteroatoms. The third-order valence-electron chi connectivity index (χ3n) is 3.61. The van der Waals surface area contributed by atoms with Crippen LogP contribution in [0.4, 0.5) is 0 Å². The summed E-state index contributed by atoms with van der Waals surface area (Å²) in [7, 11) is 0. The summed E-state index contributed by atoms with van der Waals surface area (Å²) in [5.41, 5.74) is 0. The van der Waals surface area contributed by atoms with Crippen LogP contribution in [0.5, 0.6) is 0 Å². The molecule has 0 aromatic heterocycles. The van der Waals surface area contributed by atoms with Crippen LogP contribution in [0.2, 0.25) is 0 Å². The van der Waals surface area contributed by atoms with Crippen LogP contribution in [-0.2, 0) is 9.53 Å². The highest BCUT2D eigenvalue weighted by Gasteiger charge is 2.27. The number of hydrogen-bond donors (Lipinski definition) is 2. The van der Waals surface area contributed by atoms with E-state index in [1.54, 1.807) is 0 Å². The first-order chi connectivity index (χ1) is 10.1. The number of rotatable bonds is 6. The lowest BCUT2D eigenvalue weighted by atomic mass is 9.97. The topological polar surface area (TPSA) is 74.2 Å². The van der Waals surface area contributed by atoms with Crippen LogP contribution in [0.1, 0.15) is 33.6 Å². The van der Waals surface area contributed by atoms with Crippen molar-refractivity contribution in [3.8, 4) is 0 Å². The van der Waals surface area contributed by atoms with E-state index in [0.717, 1.165) is 38.4 Å². The molecule has 1 fully saturated rings. The first-order valence-corrected chi connectivity index (χ1v) is 7.93. The summed E-state index contributed by atoms with van der Waals surface area (Å²) >= 11 is 0. The molecule has 0 saturated carbocycles. The highest BCUT2D eigenvalue weighted by molar-refractivity contribution is 5.80. The third-order valence-corrected chi connectivity index (χ3v) is 3.61. The molecule has 0 aromatic carbocycles. The largest absolute Gasteiger partial charge is 0.466 e. The molecule has 0 aliphatic carbocycles. The Balaban J connectivity index is 2.53. The maximum Gasteiger partial charge on any atom is 0.309 e. The Kier molecular flexibility index (Phi) is 8.12. The van der Waals surface area contributed by atoms with E-state index in [4.69, 9.17) is 9.84 Å². The van der Waals surface area contributed by atoms with Crippen molar-refractivity contribution < 1.29 is 14.6 Å². The van der Waals surface area contributed by atoms with E-state index in [-0.39, 0.29) is 24.4 Å². The fourth-order valence-corrected chi connectivity index (χ4v) is 2.31. The quantitative estimate of drug-likeness (QED) is 0.432. The monoisotopic (exact) mass is 299 g/mol. The fourth-order valence-electron chi connectivity index (χ4n) is 2.31. The van der Waals surface area contributed by atoms with Gasteiger partial charge >= 0.3 is 5.97 Å². The first kappa shape index (κ1) is 17.8. The summed E-state index contributed by atoms with van der Waals surface area (Å²) in [6, 6.07) is 0. The van der Waals surface area contributed by atoms with Gasteiger partial charge in [0.1, 0.15) is 0 Å². The Morgan fingerprint density at radius 1 is 1.43 bits per heavy atom. The van der Waals surface area contributed by atoms with Crippen LogP contribution in [0.25, 0.3) is 0 Å². The second-order valence-electron chi connectivity index (χ2n) is 5.50. The number of aliphatic hydroxyl groups excluding tert-OH is 1. The molecule has 0 amide bonds. The van der Waals surface area contributed by atoms with Gasteiger partial charge in [0.2, 0.25) is 0 Å². The van der Waals surface area contributed by atoms with Crippen molar-refractivity contribution in [2.45, 2.75) is 33.6 Å². The number of aliphatic imine (C=N–C) groups is 1. The normalized spacial score (nSPS) is 18.5. The number of hydrogen-bond acceptors (Lipinski definition) is 4. The van der Waals surface area contributed by atoms with Gasteiger partial charge in [-0.1, -0.05) is 6.92 Å². The van der Waals surface area contributed by atoms with Gasteiger partial charge in [-0.25, -0.2) is 0 Å². The van der Waals surface area contributed by atoms with Crippen LogP contribution in [-0.4, -0.2) is 61.3 Å². The van der Waals surface area contributed by atoms with Gasteiger partial charge in [0.25, 0.3) is 0 Å². The van der Waals surface area contributed by atoms with Crippen LogP contribution < -0.4 is 5.32 Å². The highest BCUT2D eigenvalue weighted by atomic mass is 16.5. The Labute approximate surface area is 127 Å². The molecule has 0 bridgehead atoms. The average Bonchev–Trinajstić information content (AvgIpc) is 2.51. The fraction of sp³-hybridized carbons (Fsp3) is 0.867. The first-order valence-electron chi connectivity index (χ1n) is 7.93. The van der Waals surface area contributed by atoms with E-state index >= 15 is 0 Å². The standard InChI is InChI=1S/C15H29N3O3/c1-4-16-15(17-10-12(3)11-19)18-8-6-13(7-9-18)14(20)21-5-2/h12-13,19H,4-11H2,1-3H3,(H,16,17). The summed E-state index contributed by atoms with van der Waals surface area (Å²) in [5.74, 6) is 0.976. The lowest BCUT2D eigenvalue weighted by Crippen LogP contribution is -2.47. The molecule has 122 valence electrons. The van der Waals surface area contributed by atoms with Gasteiger partial charge in [0.05, 0.1) is 12.5 Å². The molecule has 1 unspecified atom stereocenters. The van der Waals surface area contributed by atoms with E-state index in [1.807, 2.05) is 20.8 Å². The number of carbonyl (C=O) groups is 1. The molecule has 0 radical (unpaired) electrons. The zero-order chi connectivity index (χ0) is 15.7. The Hall–Kier alpha value is -1.30. The molecule has 2 N–H and O–H groups in total. The van der Waals surface area contributed by atoms with Gasteiger partial charge in [-0.3, -0.25) is 9.79 Å². The molecule has 6 nitrogen and oxygen atoms in total. The molecule has 1 heterocycles. The van der Waals surface area contributed by atoms with Crippen molar-refractivity contribution in [2.24, 2.45) is 16.8 Å². The summed E-state index contributed by atoms with van der Waals surface area (Å²) < 4.78 is 5.09. The number of guanidine groups is 1. The third kappa shape index (κ3) is 5.91. The molecular weight excluding hydrogens is 270 g/mol. The minimum absolute atomic E-state index is 0.0143. The van der Waals surface area contributed by atoms with Crippen molar-refractivity contribution >= 4 is 11.9 Å². The Bertz CT molecular complexity index is 339. The number of likely N-dealkylation sites (tertiary alicyclic amines) is 1. The van der Waals surface area contributed by atoms with Crippen molar-refractivity contribution in [2.75, 3.05) is 39.4 Å². The maximum atomic E-state index is 11.7. The van der Waals surface area contributed by atoms with E-state index in [9.17, 15) is 4.79 Å². The van der Waals surface area contributed by atoms with E-state index in [1.165, 1.54) is 0 Å². The van der Waals surface area contributed by atoms with E-state index < -0.39 is 0 Å². The zero-order valence-corrected chi connectivity index (χ0v) is 13.5. The van der Waals surface area contributed by atoms with Crippen LogP contribution in [0, 0.1) is 11.8 Å². The SMILES string of the molecule is CCNC(=NCC(C)CO)N1CCC(C(=O)OCC)CC1. The lowest BCUT2D eigenvalue weighted by molar-refractivity contribution is -0.149. The van der Waals surface area contributed by atoms with Gasteiger partial charge in [0, 0.05) is 32.8 Å². The highest BCUT2D eigenvalue weighted by Crippen LogP contribution is 2.18. The van der Waals surface area contributed by atoms with Crippen molar-refractivity contribution in [1.29, 1.82) is 0 Å².